The molecular weight excluding hydrogens is 456 g/mol. The number of nitrogens with one attached hydrogen (secondary N) is 1. The first kappa shape index (κ1) is 23.4. The molecule has 1 amide bonds. The number of hydrogen-bond acceptors (Lipinski definition) is 7. The molecule has 4 rings (SSSR count). The number of carbonyl (C=O) groups is 2. The van der Waals surface area contributed by atoms with E-state index in [9.17, 15) is 14.4 Å². The SMILES string of the molecule is CCOC(=O)c1ccccc1NC(=O)CSc1nc2c3cc(OC)ccc3n(C)c2c(=O)n1C. The Labute approximate surface area is 199 Å². The highest BCUT2D eigenvalue weighted by Gasteiger charge is 2.19. The quantitative estimate of drug-likeness (QED) is 0.246. The van der Waals surface area contributed by atoms with E-state index in [2.05, 4.69) is 5.32 Å². The number of aromatic nitrogens is 3. The molecule has 0 bridgehead atoms. The normalized spacial score (nSPS) is 11.1. The summed E-state index contributed by atoms with van der Waals surface area (Å²) >= 11 is 1.14. The number of fused-ring (bicyclic) bond motifs is 3. The third kappa shape index (κ3) is 4.24. The summed E-state index contributed by atoms with van der Waals surface area (Å²) in [4.78, 5) is 42.6. The maximum absolute atomic E-state index is 13.1. The molecule has 9 nitrogen and oxygen atoms in total. The number of thioether (sulfide) groups is 1. The van der Waals surface area contributed by atoms with E-state index >= 15 is 0 Å². The van der Waals surface area contributed by atoms with Gasteiger partial charge in [0.05, 0.1) is 36.2 Å². The Balaban J connectivity index is 1.61. The predicted molar refractivity (Wildman–Crippen MR) is 132 cm³/mol. The minimum Gasteiger partial charge on any atom is -0.497 e. The van der Waals surface area contributed by atoms with Crippen molar-refractivity contribution in [2.24, 2.45) is 14.1 Å². The third-order valence-corrected chi connectivity index (χ3v) is 6.44. The van der Waals surface area contributed by atoms with Gasteiger partial charge in [-0.15, -0.1) is 0 Å². The number of esters is 1. The number of hydrogen-bond donors (Lipinski definition) is 1. The lowest BCUT2D eigenvalue weighted by molar-refractivity contribution is -0.113. The second kappa shape index (κ2) is 9.60. The Morgan fingerprint density at radius 3 is 2.62 bits per heavy atom. The van der Waals surface area contributed by atoms with Gasteiger partial charge in [0.25, 0.3) is 5.56 Å². The van der Waals surface area contributed by atoms with Crippen LogP contribution in [-0.4, -0.2) is 45.5 Å². The number of para-hydroxylation sites is 1. The van der Waals surface area contributed by atoms with Gasteiger partial charge in [-0.1, -0.05) is 23.9 Å². The van der Waals surface area contributed by atoms with E-state index in [1.165, 1.54) is 4.57 Å². The number of aryl methyl sites for hydroxylation is 1. The van der Waals surface area contributed by atoms with Gasteiger partial charge < -0.3 is 19.4 Å². The van der Waals surface area contributed by atoms with Crippen LogP contribution in [0, 0.1) is 0 Å². The van der Waals surface area contributed by atoms with Gasteiger partial charge in [0, 0.05) is 19.5 Å². The molecule has 34 heavy (non-hydrogen) atoms. The summed E-state index contributed by atoms with van der Waals surface area (Å²) in [6.07, 6.45) is 0. The van der Waals surface area contributed by atoms with Crippen LogP contribution in [0.4, 0.5) is 5.69 Å². The molecule has 2 aromatic carbocycles. The van der Waals surface area contributed by atoms with Crippen molar-refractivity contribution >= 4 is 51.3 Å². The van der Waals surface area contributed by atoms with Gasteiger partial charge in [-0.2, -0.15) is 0 Å². The van der Waals surface area contributed by atoms with Crippen LogP contribution in [0.3, 0.4) is 0 Å². The van der Waals surface area contributed by atoms with Crippen LogP contribution in [0.25, 0.3) is 21.9 Å². The van der Waals surface area contributed by atoms with Crippen LogP contribution in [0.15, 0.2) is 52.4 Å². The molecule has 0 aliphatic carbocycles. The third-order valence-electron chi connectivity index (χ3n) is 5.41. The van der Waals surface area contributed by atoms with E-state index in [0.29, 0.717) is 27.6 Å². The fourth-order valence-electron chi connectivity index (χ4n) is 3.73. The van der Waals surface area contributed by atoms with Gasteiger partial charge in [-0.25, -0.2) is 9.78 Å². The predicted octanol–water partition coefficient (Wildman–Crippen LogP) is 3.34. The second-order valence-electron chi connectivity index (χ2n) is 7.50. The average molecular weight is 481 g/mol. The Kier molecular flexibility index (Phi) is 6.60. The first-order valence-electron chi connectivity index (χ1n) is 10.6. The van der Waals surface area contributed by atoms with Crippen molar-refractivity contribution in [1.82, 2.24) is 14.1 Å². The molecule has 4 aromatic rings. The van der Waals surface area contributed by atoms with E-state index in [-0.39, 0.29) is 29.4 Å². The highest BCUT2D eigenvalue weighted by molar-refractivity contribution is 7.99. The average Bonchev–Trinajstić information content (AvgIpc) is 3.11. The lowest BCUT2D eigenvalue weighted by Gasteiger charge is -2.11. The topological polar surface area (TPSA) is 104 Å². The number of benzene rings is 2. The number of nitrogens with zero attached hydrogens (tertiary/aromatic N) is 3. The molecule has 2 heterocycles. The monoisotopic (exact) mass is 480 g/mol. The maximum atomic E-state index is 13.1. The zero-order chi connectivity index (χ0) is 24.4. The first-order chi connectivity index (χ1) is 16.3. The fraction of sp³-hybridized carbons (Fsp3) is 0.250. The molecule has 10 heteroatoms. The smallest absolute Gasteiger partial charge is 0.340 e. The lowest BCUT2D eigenvalue weighted by atomic mass is 10.2. The van der Waals surface area contributed by atoms with E-state index in [1.54, 1.807) is 45.3 Å². The summed E-state index contributed by atoms with van der Waals surface area (Å²) in [5.74, 6) is -0.184. The van der Waals surface area contributed by atoms with Crippen LogP contribution in [0.1, 0.15) is 17.3 Å². The minimum atomic E-state index is -0.507. The standard InChI is InChI=1S/C24H24N4O5S/c1-5-33-23(31)15-8-6-7-9-17(15)25-19(29)13-34-24-26-20-16-12-14(32-4)10-11-18(16)27(2)21(20)22(30)28(24)3/h6-12H,5,13H2,1-4H3,(H,25,29). The summed E-state index contributed by atoms with van der Waals surface area (Å²) in [5.41, 5.74) is 2.32. The van der Waals surface area contributed by atoms with Gasteiger partial charge in [-0.3, -0.25) is 14.2 Å². The summed E-state index contributed by atoms with van der Waals surface area (Å²) in [6, 6.07) is 12.2. The fourth-order valence-corrected chi connectivity index (χ4v) is 4.49. The van der Waals surface area contributed by atoms with Crippen LogP contribution >= 0.6 is 11.8 Å². The molecular formula is C24H24N4O5S. The molecule has 0 atom stereocenters. The van der Waals surface area contributed by atoms with Crippen molar-refractivity contribution in [3.8, 4) is 5.75 Å². The second-order valence-corrected chi connectivity index (χ2v) is 8.44. The van der Waals surface area contributed by atoms with E-state index in [0.717, 1.165) is 22.7 Å². The Morgan fingerprint density at radius 1 is 1.12 bits per heavy atom. The van der Waals surface area contributed by atoms with Crippen LogP contribution in [0.5, 0.6) is 5.75 Å². The summed E-state index contributed by atoms with van der Waals surface area (Å²) in [6.45, 7) is 1.95. The van der Waals surface area contributed by atoms with Gasteiger partial charge in [0.2, 0.25) is 5.91 Å². The molecule has 0 radical (unpaired) electrons. The molecule has 0 aliphatic rings. The molecule has 0 saturated heterocycles. The number of methoxy groups -OCH3 is 1. The molecule has 0 unspecified atom stereocenters. The largest absolute Gasteiger partial charge is 0.497 e. The van der Waals surface area contributed by atoms with Crippen molar-refractivity contribution in [3.63, 3.8) is 0 Å². The molecule has 1 N–H and O–H groups in total. The Bertz CT molecular complexity index is 1470. The van der Waals surface area contributed by atoms with E-state index in [4.69, 9.17) is 14.5 Å². The molecule has 0 spiro atoms. The van der Waals surface area contributed by atoms with Crippen molar-refractivity contribution in [2.45, 2.75) is 12.1 Å². The number of anilines is 1. The van der Waals surface area contributed by atoms with Gasteiger partial charge >= 0.3 is 5.97 Å². The highest BCUT2D eigenvalue weighted by Crippen LogP contribution is 2.29. The zero-order valence-corrected chi connectivity index (χ0v) is 20.1. The molecule has 0 aliphatic heterocycles. The number of rotatable bonds is 7. The summed E-state index contributed by atoms with van der Waals surface area (Å²) in [7, 11) is 5.03. The van der Waals surface area contributed by atoms with Crippen LogP contribution in [-0.2, 0) is 23.6 Å². The van der Waals surface area contributed by atoms with Crippen molar-refractivity contribution in [2.75, 3.05) is 24.8 Å². The van der Waals surface area contributed by atoms with E-state index in [1.807, 2.05) is 29.8 Å². The van der Waals surface area contributed by atoms with Crippen LogP contribution in [0.2, 0.25) is 0 Å². The molecule has 0 fully saturated rings. The minimum absolute atomic E-state index is 0.00294. The molecule has 0 saturated carbocycles. The van der Waals surface area contributed by atoms with Crippen molar-refractivity contribution < 1.29 is 19.1 Å². The molecule has 2 aromatic heterocycles. The summed E-state index contributed by atoms with van der Waals surface area (Å²) in [5, 5.41) is 3.94. The number of amides is 1. The summed E-state index contributed by atoms with van der Waals surface area (Å²) < 4.78 is 13.6. The highest BCUT2D eigenvalue weighted by atomic mass is 32.2. The molecule has 176 valence electrons. The van der Waals surface area contributed by atoms with Crippen molar-refractivity contribution in [3.05, 3.63) is 58.4 Å². The van der Waals surface area contributed by atoms with Gasteiger partial charge in [-0.05, 0) is 37.3 Å². The van der Waals surface area contributed by atoms with Crippen molar-refractivity contribution in [1.29, 1.82) is 0 Å². The Morgan fingerprint density at radius 2 is 1.88 bits per heavy atom. The maximum Gasteiger partial charge on any atom is 0.340 e. The van der Waals surface area contributed by atoms with Crippen LogP contribution < -0.4 is 15.6 Å². The Hall–Kier alpha value is -3.79. The van der Waals surface area contributed by atoms with Gasteiger partial charge in [0.15, 0.2) is 5.16 Å². The van der Waals surface area contributed by atoms with E-state index < -0.39 is 5.97 Å². The zero-order valence-electron chi connectivity index (χ0n) is 19.2. The van der Waals surface area contributed by atoms with Gasteiger partial charge in [0.1, 0.15) is 16.8 Å². The first-order valence-corrected chi connectivity index (χ1v) is 11.6. The number of carbonyl (C=O) groups excluding carboxylic acids is 2. The number of ether oxygens (including phenoxy) is 2. The lowest BCUT2D eigenvalue weighted by Crippen LogP contribution is -2.23.